The fraction of sp³-hybridized carbons (Fsp3) is 0.355. The third kappa shape index (κ3) is 8.57. The van der Waals surface area contributed by atoms with E-state index in [9.17, 15) is 18.0 Å². The Hall–Kier alpha value is -3.36. The molecule has 3 aromatic rings. The van der Waals surface area contributed by atoms with Gasteiger partial charge < -0.3 is 10.2 Å². The summed E-state index contributed by atoms with van der Waals surface area (Å²) in [5, 5.41) is 3.49. The summed E-state index contributed by atoms with van der Waals surface area (Å²) in [6.45, 7) is 8.99. The molecule has 0 aliphatic rings. The van der Waals surface area contributed by atoms with E-state index >= 15 is 0 Å². The standard InChI is InChI=1S/C31H38ClN3O4S/c1-22-12-10-11-15-25(22)20-34(28(30(37)33-31(3,4)5)19-24-13-8-7-9-14-24)29(36)21-35(40(6,38)39)27-17-16-26(32)18-23(27)2/h7-18,28H,19-21H2,1-6H3,(H,33,37)/t28-/m0/s1. The maximum absolute atomic E-state index is 14.2. The van der Waals surface area contributed by atoms with E-state index in [2.05, 4.69) is 5.32 Å². The van der Waals surface area contributed by atoms with Crippen molar-refractivity contribution in [3.63, 3.8) is 0 Å². The zero-order valence-electron chi connectivity index (χ0n) is 23.9. The second-order valence-electron chi connectivity index (χ2n) is 11.1. The molecule has 0 saturated carbocycles. The number of aryl methyl sites for hydroxylation is 2. The third-order valence-corrected chi connectivity index (χ3v) is 7.84. The first-order valence-corrected chi connectivity index (χ1v) is 15.3. The van der Waals surface area contributed by atoms with E-state index in [0.717, 1.165) is 27.3 Å². The molecule has 1 atom stereocenters. The van der Waals surface area contributed by atoms with Crippen LogP contribution in [0.25, 0.3) is 0 Å². The number of carbonyl (C=O) groups is 2. The highest BCUT2D eigenvalue weighted by molar-refractivity contribution is 7.92. The molecular formula is C31H38ClN3O4S. The van der Waals surface area contributed by atoms with E-state index in [-0.39, 0.29) is 18.9 Å². The number of carbonyl (C=O) groups excluding carboxylic acids is 2. The Morgan fingerprint density at radius 1 is 0.925 bits per heavy atom. The highest BCUT2D eigenvalue weighted by Crippen LogP contribution is 2.26. The quantitative estimate of drug-likeness (QED) is 0.352. The Kier molecular flexibility index (Phi) is 10.0. The van der Waals surface area contributed by atoms with Crippen LogP contribution in [0.3, 0.4) is 0 Å². The van der Waals surface area contributed by atoms with Crippen LogP contribution >= 0.6 is 11.6 Å². The Balaban J connectivity index is 2.10. The van der Waals surface area contributed by atoms with Crippen LogP contribution in [-0.4, -0.2) is 49.5 Å². The lowest BCUT2D eigenvalue weighted by atomic mass is 10.00. The molecule has 3 aromatic carbocycles. The number of benzene rings is 3. The molecule has 0 aromatic heterocycles. The molecule has 3 rings (SSSR count). The van der Waals surface area contributed by atoms with Crippen LogP contribution in [0.4, 0.5) is 5.69 Å². The highest BCUT2D eigenvalue weighted by atomic mass is 35.5. The van der Waals surface area contributed by atoms with Crippen molar-refractivity contribution in [2.45, 2.75) is 59.2 Å². The van der Waals surface area contributed by atoms with Crippen LogP contribution in [0, 0.1) is 13.8 Å². The number of amides is 2. The summed E-state index contributed by atoms with van der Waals surface area (Å²) < 4.78 is 27.0. The van der Waals surface area contributed by atoms with Crippen molar-refractivity contribution in [3.8, 4) is 0 Å². The van der Waals surface area contributed by atoms with Crippen molar-refractivity contribution in [3.05, 3.63) is 100 Å². The molecule has 40 heavy (non-hydrogen) atoms. The van der Waals surface area contributed by atoms with Crippen molar-refractivity contribution >= 4 is 39.1 Å². The molecule has 9 heteroatoms. The van der Waals surface area contributed by atoms with Crippen LogP contribution in [0.1, 0.15) is 43.0 Å². The van der Waals surface area contributed by atoms with Crippen LogP contribution in [0.15, 0.2) is 72.8 Å². The van der Waals surface area contributed by atoms with Gasteiger partial charge in [-0.3, -0.25) is 13.9 Å². The summed E-state index contributed by atoms with van der Waals surface area (Å²) in [7, 11) is -3.85. The summed E-state index contributed by atoms with van der Waals surface area (Å²) in [5.41, 5.74) is 3.14. The van der Waals surface area contributed by atoms with Gasteiger partial charge in [-0.1, -0.05) is 66.2 Å². The second kappa shape index (κ2) is 12.9. The molecule has 1 N–H and O–H groups in total. The van der Waals surface area contributed by atoms with Crippen LogP contribution in [-0.2, 0) is 32.6 Å². The average molecular weight is 584 g/mol. The van der Waals surface area contributed by atoms with Crippen LogP contribution in [0.2, 0.25) is 5.02 Å². The number of nitrogens with one attached hydrogen (secondary N) is 1. The Morgan fingerprint density at radius 2 is 1.55 bits per heavy atom. The zero-order chi connectivity index (χ0) is 29.7. The zero-order valence-corrected chi connectivity index (χ0v) is 25.5. The molecule has 214 valence electrons. The Morgan fingerprint density at radius 3 is 2.12 bits per heavy atom. The largest absolute Gasteiger partial charge is 0.350 e. The summed E-state index contributed by atoms with van der Waals surface area (Å²) in [6.07, 6.45) is 1.33. The lowest BCUT2D eigenvalue weighted by Gasteiger charge is -2.35. The molecule has 7 nitrogen and oxygen atoms in total. The summed E-state index contributed by atoms with van der Waals surface area (Å²) >= 11 is 6.12. The molecule has 0 unspecified atom stereocenters. The number of sulfonamides is 1. The highest BCUT2D eigenvalue weighted by Gasteiger charge is 2.34. The van der Waals surface area contributed by atoms with Crippen molar-refractivity contribution in [2.24, 2.45) is 0 Å². The first-order valence-electron chi connectivity index (χ1n) is 13.1. The maximum Gasteiger partial charge on any atom is 0.244 e. The third-order valence-electron chi connectivity index (χ3n) is 6.48. The molecule has 0 saturated heterocycles. The molecule has 0 radical (unpaired) electrons. The predicted octanol–water partition coefficient (Wildman–Crippen LogP) is 5.28. The van der Waals surface area contributed by atoms with E-state index in [0.29, 0.717) is 16.3 Å². The summed E-state index contributed by atoms with van der Waals surface area (Å²) in [4.78, 5) is 29.5. The van der Waals surface area contributed by atoms with E-state index < -0.39 is 34.1 Å². The smallest absolute Gasteiger partial charge is 0.244 e. The summed E-state index contributed by atoms with van der Waals surface area (Å²) in [5.74, 6) is -0.806. The number of anilines is 1. The van der Waals surface area contributed by atoms with Crippen molar-refractivity contribution < 1.29 is 18.0 Å². The van der Waals surface area contributed by atoms with Gasteiger partial charge in [0.25, 0.3) is 0 Å². The first kappa shape index (κ1) is 31.2. The van der Waals surface area contributed by atoms with Gasteiger partial charge in [0.15, 0.2) is 0 Å². The number of hydrogen-bond donors (Lipinski definition) is 1. The van der Waals surface area contributed by atoms with Gasteiger partial charge in [0.2, 0.25) is 21.8 Å². The van der Waals surface area contributed by atoms with Gasteiger partial charge in [-0.15, -0.1) is 0 Å². The van der Waals surface area contributed by atoms with E-state index in [1.807, 2.05) is 82.3 Å². The minimum Gasteiger partial charge on any atom is -0.350 e. The minimum atomic E-state index is -3.85. The number of hydrogen-bond acceptors (Lipinski definition) is 4. The van der Waals surface area contributed by atoms with E-state index in [1.54, 1.807) is 25.1 Å². The fourth-order valence-corrected chi connectivity index (χ4v) is 5.61. The lowest BCUT2D eigenvalue weighted by molar-refractivity contribution is -0.140. The van der Waals surface area contributed by atoms with Gasteiger partial charge in [-0.05, 0) is 75.1 Å². The Bertz CT molecular complexity index is 1450. The molecule has 0 bridgehead atoms. The molecule has 0 fully saturated rings. The van der Waals surface area contributed by atoms with E-state index in [1.165, 1.54) is 4.90 Å². The van der Waals surface area contributed by atoms with Crippen molar-refractivity contribution in [1.82, 2.24) is 10.2 Å². The normalized spacial score (nSPS) is 12.5. The topological polar surface area (TPSA) is 86.8 Å². The lowest BCUT2D eigenvalue weighted by Crippen LogP contribution is -2.56. The molecular weight excluding hydrogens is 546 g/mol. The fourth-order valence-electron chi connectivity index (χ4n) is 4.47. The van der Waals surface area contributed by atoms with E-state index in [4.69, 9.17) is 11.6 Å². The molecule has 0 spiro atoms. The van der Waals surface area contributed by atoms with Crippen LogP contribution in [0.5, 0.6) is 0 Å². The van der Waals surface area contributed by atoms with Gasteiger partial charge in [0, 0.05) is 23.5 Å². The second-order valence-corrected chi connectivity index (χ2v) is 13.4. The molecule has 0 aliphatic carbocycles. The van der Waals surface area contributed by atoms with Gasteiger partial charge >= 0.3 is 0 Å². The molecule has 2 amide bonds. The predicted molar refractivity (Wildman–Crippen MR) is 162 cm³/mol. The van der Waals surface area contributed by atoms with Crippen molar-refractivity contribution in [1.29, 1.82) is 0 Å². The maximum atomic E-state index is 14.2. The summed E-state index contributed by atoms with van der Waals surface area (Å²) in [6, 6.07) is 21.1. The molecule has 0 heterocycles. The SMILES string of the molecule is Cc1ccccc1CN(C(=O)CN(c1ccc(Cl)cc1C)S(C)(=O)=O)[C@@H](Cc1ccccc1)C(=O)NC(C)(C)C. The van der Waals surface area contributed by atoms with Gasteiger partial charge in [-0.25, -0.2) is 8.42 Å². The Labute approximate surface area is 243 Å². The van der Waals surface area contributed by atoms with Crippen molar-refractivity contribution in [2.75, 3.05) is 17.1 Å². The monoisotopic (exact) mass is 583 g/mol. The van der Waals surface area contributed by atoms with Crippen LogP contribution < -0.4 is 9.62 Å². The number of rotatable bonds is 10. The van der Waals surface area contributed by atoms with Gasteiger partial charge in [0.1, 0.15) is 12.6 Å². The van der Waals surface area contributed by atoms with Gasteiger partial charge in [-0.2, -0.15) is 0 Å². The number of nitrogens with zero attached hydrogens (tertiary/aromatic N) is 2. The molecule has 0 aliphatic heterocycles. The average Bonchev–Trinajstić information content (AvgIpc) is 2.85. The first-order chi connectivity index (χ1) is 18.7. The van der Waals surface area contributed by atoms with Gasteiger partial charge in [0.05, 0.1) is 11.9 Å². The number of halogens is 1. The minimum absolute atomic E-state index is 0.137.